The average molecular weight is 380 g/mol. The first-order chi connectivity index (χ1) is 12.5. The van der Waals surface area contributed by atoms with Crippen LogP contribution in [0, 0.1) is 11.8 Å². The Morgan fingerprint density at radius 2 is 1.35 bits per heavy atom. The number of nitrogens with zero attached hydrogens (tertiary/aromatic N) is 1. The van der Waals surface area contributed by atoms with Gasteiger partial charge in [0.05, 0.1) is 0 Å². The fourth-order valence-corrected chi connectivity index (χ4v) is 3.60. The van der Waals surface area contributed by atoms with E-state index in [1.165, 1.54) is 38.5 Å². The third-order valence-electron chi connectivity index (χ3n) is 5.42. The van der Waals surface area contributed by atoms with Gasteiger partial charge in [0, 0.05) is 23.7 Å². The second-order valence-corrected chi connectivity index (χ2v) is 7.99. The topological polar surface area (TPSA) is 20.3 Å². The lowest BCUT2D eigenvalue weighted by Crippen LogP contribution is -2.39. The Morgan fingerprint density at radius 1 is 0.885 bits per heavy atom. The summed E-state index contributed by atoms with van der Waals surface area (Å²) in [5, 5.41) is 0.678. The maximum Gasteiger partial charge on any atom is 0.253 e. The summed E-state index contributed by atoms with van der Waals surface area (Å²) in [4.78, 5) is 15.3. The molecule has 1 aromatic carbocycles. The zero-order chi connectivity index (χ0) is 19.4. The number of carbonyl (C=O) groups excluding carboxylic acids is 1. The lowest BCUT2D eigenvalue weighted by atomic mass is 9.95. The zero-order valence-corrected chi connectivity index (χ0v) is 18.0. The van der Waals surface area contributed by atoms with E-state index >= 15 is 0 Å². The second-order valence-electron chi connectivity index (χ2n) is 7.55. The minimum Gasteiger partial charge on any atom is -0.338 e. The summed E-state index contributed by atoms with van der Waals surface area (Å²) in [7, 11) is 0. The van der Waals surface area contributed by atoms with E-state index in [1.54, 1.807) is 0 Å². The number of hydrogen-bond acceptors (Lipinski definition) is 1. The smallest absolute Gasteiger partial charge is 0.253 e. The van der Waals surface area contributed by atoms with E-state index in [9.17, 15) is 4.79 Å². The minimum atomic E-state index is 0.159. The van der Waals surface area contributed by atoms with Gasteiger partial charge in [0.25, 0.3) is 5.91 Å². The van der Waals surface area contributed by atoms with Crippen molar-refractivity contribution in [2.45, 2.75) is 79.1 Å². The first-order valence-corrected chi connectivity index (χ1v) is 11.0. The van der Waals surface area contributed by atoms with Gasteiger partial charge in [0.1, 0.15) is 0 Å². The van der Waals surface area contributed by atoms with Crippen molar-refractivity contribution in [3.63, 3.8) is 0 Å². The molecule has 0 radical (unpaired) electrons. The van der Waals surface area contributed by atoms with Crippen LogP contribution in [0.5, 0.6) is 0 Å². The monoisotopic (exact) mass is 379 g/mol. The number of benzene rings is 1. The molecule has 1 amide bonds. The van der Waals surface area contributed by atoms with Crippen LogP contribution >= 0.6 is 11.6 Å². The molecular formula is C23H38ClNO. The van der Waals surface area contributed by atoms with Crippen LogP contribution in [0.25, 0.3) is 0 Å². The average Bonchev–Trinajstić information content (AvgIpc) is 2.66. The molecule has 0 aromatic heterocycles. The molecule has 0 bridgehead atoms. The highest BCUT2D eigenvalue weighted by Gasteiger charge is 2.22. The molecule has 2 unspecified atom stereocenters. The van der Waals surface area contributed by atoms with Crippen LogP contribution in [0.3, 0.4) is 0 Å². The second kappa shape index (κ2) is 13.2. The van der Waals surface area contributed by atoms with Crippen LogP contribution in [-0.2, 0) is 0 Å². The molecule has 148 valence electrons. The van der Waals surface area contributed by atoms with E-state index in [-0.39, 0.29) is 5.91 Å². The van der Waals surface area contributed by atoms with Crippen molar-refractivity contribution in [1.82, 2.24) is 4.90 Å². The molecule has 0 saturated carbocycles. The van der Waals surface area contributed by atoms with Gasteiger partial charge in [-0.15, -0.1) is 0 Å². The Kier molecular flexibility index (Phi) is 11.7. The van der Waals surface area contributed by atoms with Gasteiger partial charge in [0.2, 0.25) is 0 Å². The highest BCUT2D eigenvalue weighted by Crippen LogP contribution is 2.21. The Morgan fingerprint density at radius 3 is 1.73 bits per heavy atom. The molecular weight excluding hydrogens is 342 g/mol. The van der Waals surface area contributed by atoms with E-state index in [1.807, 2.05) is 24.3 Å². The van der Waals surface area contributed by atoms with E-state index < -0.39 is 0 Å². The summed E-state index contributed by atoms with van der Waals surface area (Å²) in [6, 6.07) is 7.35. The number of unbranched alkanes of at least 4 members (excludes halogenated alkanes) is 2. The van der Waals surface area contributed by atoms with Gasteiger partial charge in [0.15, 0.2) is 0 Å². The van der Waals surface area contributed by atoms with E-state index in [0.717, 1.165) is 31.5 Å². The van der Waals surface area contributed by atoms with Gasteiger partial charge < -0.3 is 4.90 Å². The predicted molar refractivity (Wildman–Crippen MR) is 114 cm³/mol. The maximum absolute atomic E-state index is 13.2. The molecule has 0 aliphatic heterocycles. The largest absolute Gasteiger partial charge is 0.338 e. The van der Waals surface area contributed by atoms with Gasteiger partial charge in [-0.25, -0.2) is 0 Å². The lowest BCUT2D eigenvalue weighted by molar-refractivity contribution is 0.0685. The molecule has 0 saturated heterocycles. The van der Waals surface area contributed by atoms with Crippen molar-refractivity contribution < 1.29 is 4.79 Å². The fraction of sp³-hybridized carbons (Fsp3) is 0.696. The SMILES string of the molecule is CCCCC(CC)CN(CC(CC)CCCC)C(=O)c1ccc(Cl)cc1. The Balaban J connectivity index is 2.91. The normalized spacial score (nSPS) is 13.4. The fourth-order valence-electron chi connectivity index (χ4n) is 3.47. The van der Waals surface area contributed by atoms with E-state index in [2.05, 4.69) is 32.6 Å². The van der Waals surface area contributed by atoms with Gasteiger partial charge in [-0.2, -0.15) is 0 Å². The van der Waals surface area contributed by atoms with Crippen molar-refractivity contribution in [2.24, 2.45) is 11.8 Å². The van der Waals surface area contributed by atoms with E-state index in [0.29, 0.717) is 16.9 Å². The molecule has 0 aliphatic rings. The highest BCUT2D eigenvalue weighted by molar-refractivity contribution is 6.30. The maximum atomic E-state index is 13.2. The number of amides is 1. The van der Waals surface area contributed by atoms with Crippen molar-refractivity contribution in [1.29, 1.82) is 0 Å². The molecule has 2 atom stereocenters. The van der Waals surface area contributed by atoms with Gasteiger partial charge in [-0.3, -0.25) is 4.79 Å². The van der Waals surface area contributed by atoms with Crippen molar-refractivity contribution in [2.75, 3.05) is 13.1 Å². The third-order valence-corrected chi connectivity index (χ3v) is 5.67. The standard InChI is InChI=1S/C23H38ClNO/c1-5-9-11-19(7-3)17-25(18-20(8-4)12-10-6-2)23(26)21-13-15-22(24)16-14-21/h13-16,19-20H,5-12,17-18H2,1-4H3. The molecule has 3 heteroatoms. The number of rotatable bonds is 13. The number of halogens is 1. The van der Waals surface area contributed by atoms with Crippen LogP contribution in [0.1, 0.15) is 89.4 Å². The minimum absolute atomic E-state index is 0.159. The van der Waals surface area contributed by atoms with E-state index in [4.69, 9.17) is 11.6 Å². The molecule has 26 heavy (non-hydrogen) atoms. The third kappa shape index (κ3) is 8.12. The quantitative estimate of drug-likeness (QED) is 0.354. The zero-order valence-electron chi connectivity index (χ0n) is 17.3. The van der Waals surface area contributed by atoms with Crippen molar-refractivity contribution >= 4 is 17.5 Å². The van der Waals surface area contributed by atoms with Gasteiger partial charge >= 0.3 is 0 Å². The van der Waals surface area contributed by atoms with Crippen LogP contribution in [-0.4, -0.2) is 23.9 Å². The van der Waals surface area contributed by atoms with Crippen molar-refractivity contribution in [3.05, 3.63) is 34.9 Å². The highest BCUT2D eigenvalue weighted by atomic mass is 35.5. The Labute approximate surface area is 166 Å². The Bertz CT molecular complexity index is 481. The summed E-state index contributed by atoms with van der Waals surface area (Å²) in [5.41, 5.74) is 0.755. The molecule has 0 N–H and O–H groups in total. The Hall–Kier alpha value is -1.02. The van der Waals surface area contributed by atoms with Crippen molar-refractivity contribution in [3.8, 4) is 0 Å². The summed E-state index contributed by atoms with van der Waals surface area (Å²) in [6.45, 7) is 10.7. The molecule has 0 fully saturated rings. The molecule has 0 heterocycles. The molecule has 0 aliphatic carbocycles. The predicted octanol–water partition coefficient (Wildman–Crippen LogP) is 7.22. The summed E-state index contributed by atoms with van der Waals surface area (Å²) in [6.07, 6.45) is 9.62. The molecule has 1 aromatic rings. The van der Waals surface area contributed by atoms with Crippen LogP contribution in [0.2, 0.25) is 5.02 Å². The first-order valence-electron chi connectivity index (χ1n) is 10.6. The number of carbonyl (C=O) groups is 1. The van der Waals surface area contributed by atoms with Crippen LogP contribution < -0.4 is 0 Å². The summed E-state index contributed by atoms with van der Waals surface area (Å²) in [5.74, 6) is 1.34. The lowest BCUT2D eigenvalue weighted by Gasteiger charge is -2.31. The van der Waals surface area contributed by atoms with Gasteiger partial charge in [-0.05, 0) is 48.9 Å². The summed E-state index contributed by atoms with van der Waals surface area (Å²) >= 11 is 6.00. The first kappa shape index (κ1) is 23.0. The van der Waals surface area contributed by atoms with Gasteiger partial charge in [-0.1, -0.05) is 77.8 Å². The molecule has 0 spiro atoms. The number of hydrogen-bond donors (Lipinski definition) is 0. The summed E-state index contributed by atoms with van der Waals surface area (Å²) < 4.78 is 0. The molecule has 2 nitrogen and oxygen atoms in total. The van der Waals surface area contributed by atoms with Crippen LogP contribution in [0.15, 0.2) is 24.3 Å². The molecule has 1 rings (SSSR count). The van der Waals surface area contributed by atoms with Crippen LogP contribution in [0.4, 0.5) is 0 Å².